The van der Waals surface area contributed by atoms with Gasteiger partial charge in [0.25, 0.3) is 0 Å². The monoisotopic (exact) mass is 287 g/mol. The first kappa shape index (κ1) is 15.6. The summed E-state index contributed by atoms with van der Waals surface area (Å²) in [5.41, 5.74) is 2.40. The second-order valence-electron chi connectivity index (χ2n) is 5.34. The van der Waals surface area contributed by atoms with Crippen LogP contribution in [0.4, 0.5) is 0 Å². The summed E-state index contributed by atoms with van der Waals surface area (Å²) in [5.74, 6) is 0.0753. The number of fused-ring (bicyclic) bond motifs is 1. The molecule has 0 unspecified atom stereocenters. The Kier molecular flexibility index (Phi) is 6.28. The zero-order valence-electron chi connectivity index (χ0n) is 12.7. The normalized spacial score (nSPS) is 10.9. The summed E-state index contributed by atoms with van der Waals surface area (Å²) < 4.78 is 0. The number of para-hydroxylation sites is 1. The third-order valence-electron chi connectivity index (χ3n) is 3.63. The molecule has 0 saturated heterocycles. The van der Waals surface area contributed by atoms with Crippen molar-refractivity contribution in [2.75, 3.05) is 19.6 Å². The van der Waals surface area contributed by atoms with Crippen LogP contribution in [0, 0.1) is 0 Å². The number of carbonyl (C=O) groups excluding carboxylic acids is 1. The molecule has 0 radical (unpaired) electrons. The number of hydrogen-bond donors (Lipinski definition) is 3. The van der Waals surface area contributed by atoms with Gasteiger partial charge in [0.1, 0.15) is 0 Å². The van der Waals surface area contributed by atoms with Crippen LogP contribution in [0.1, 0.15) is 31.7 Å². The van der Waals surface area contributed by atoms with Crippen LogP contribution in [0.2, 0.25) is 0 Å². The molecule has 1 aromatic heterocycles. The lowest BCUT2D eigenvalue weighted by atomic mass is 10.1. The minimum Gasteiger partial charge on any atom is -0.361 e. The summed E-state index contributed by atoms with van der Waals surface area (Å²) in [7, 11) is 0. The van der Waals surface area contributed by atoms with E-state index in [1.54, 1.807) is 0 Å². The van der Waals surface area contributed by atoms with E-state index in [1.165, 1.54) is 23.8 Å². The number of amides is 1. The van der Waals surface area contributed by atoms with Gasteiger partial charge in [0.05, 0.1) is 6.54 Å². The number of hydrogen-bond acceptors (Lipinski definition) is 2. The predicted molar refractivity (Wildman–Crippen MR) is 87.4 cm³/mol. The lowest BCUT2D eigenvalue weighted by Gasteiger charge is -2.06. The fourth-order valence-electron chi connectivity index (χ4n) is 2.44. The number of rotatable bonds is 9. The third kappa shape index (κ3) is 4.90. The van der Waals surface area contributed by atoms with Crippen molar-refractivity contribution < 1.29 is 4.79 Å². The van der Waals surface area contributed by atoms with Gasteiger partial charge in [0.2, 0.25) is 5.91 Å². The Hall–Kier alpha value is -1.81. The van der Waals surface area contributed by atoms with Crippen molar-refractivity contribution in [2.24, 2.45) is 0 Å². The topological polar surface area (TPSA) is 56.9 Å². The minimum absolute atomic E-state index is 0.0753. The SMILES string of the molecule is CCCCCNCC(=O)NCCc1c[nH]c2ccccc12. The molecule has 0 aliphatic carbocycles. The van der Waals surface area contributed by atoms with Crippen molar-refractivity contribution in [1.82, 2.24) is 15.6 Å². The number of benzene rings is 1. The van der Waals surface area contributed by atoms with Crippen LogP contribution in [0.5, 0.6) is 0 Å². The average molecular weight is 287 g/mol. The number of unbranched alkanes of at least 4 members (excludes halogenated alkanes) is 2. The summed E-state index contributed by atoms with van der Waals surface area (Å²) in [4.78, 5) is 14.9. The van der Waals surface area contributed by atoms with E-state index >= 15 is 0 Å². The number of nitrogens with one attached hydrogen (secondary N) is 3. The molecule has 3 N–H and O–H groups in total. The number of carbonyl (C=O) groups is 1. The lowest BCUT2D eigenvalue weighted by Crippen LogP contribution is -2.35. The molecule has 0 bridgehead atoms. The van der Waals surface area contributed by atoms with E-state index < -0.39 is 0 Å². The van der Waals surface area contributed by atoms with E-state index in [-0.39, 0.29) is 5.91 Å². The van der Waals surface area contributed by atoms with Gasteiger partial charge in [-0.2, -0.15) is 0 Å². The Balaban J connectivity index is 1.66. The predicted octanol–water partition coefficient (Wildman–Crippen LogP) is 2.61. The van der Waals surface area contributed by atoms with Crippen molar-refractivity contribution in [3.63, 3.8) is 0 Å². The number of aromatic nitrogens is 1. The largest absolute Gasteiger partial charge is 0.361 e. The number of aromatic amines is 1. The molecule has 1 aromatic carbocycles. The van der Waals surface area contributed by atoms with Crippen LogP contribution in [-0.2, 0) is 11.2 Å². The zero-order chi connectivity index (χ0) is 14.9. The highest BCUT2D eigenvalue weighted by Gasteiger charge is 2.04. The molecule has 4 nitrogen and oxygen atoms in total. The van der Waals surface area contributed by atoms with Crippen molar-refractivity contribution in [3.8, 4) is 0 Å². The molecule has 0 spiro atoms. The summed E-state index contributed by atoms with van der Waals surface area (Å²) >= 11 is 0. The van der Waals surface area contributed by atoms with E-state index in [0.29, 0.717) is 13.1 Å². The molecule has 0 saturated carbocycles. The van der Waals surface area contributed by atoms with Crippen molar-refractivity contribution >= 4 is 16.8 Å². The summed E-state index contributed by atoms with van der Waals surface area (Å²) in [5, 5.41) is 7.38. The molecule has 0 atom stereocenters. The molecule has 2 aromatic rings. The Labute approximate surface area is 126 Å². The van der Waals surface area contributed by atoms with Crippen LogP contribution in [0.3, 0.4) is 0 Å². The highest BCUT2D eigenvalue weighted by atomic mass is 16.1. The Bertz CT molecular complexity index is 562. The van der Waals surface area contributed by atoms with Gasteiger partial charge in [0.15, 0.2) is 0 Å². The second kappa shape index (κ2) is 8.47. The van der Waals surface area contributed by atoms with Gasteiger partial charge < -0.3 is 15.6 Å². The maximum atomic E-state index is 11.7. The standard InChI is InChI=1S/C17H25N3O/c1-2-3-6-10-18-13-17(21)19-11-9-14-12-20-16-8-5-4-7-15(14)16/h4-5,7-8,12,18,20H,2-3,6,9-11,13H2,1H3,(H,19,21). The minimum atomic E-state index is 0.0753. The first-order valence-electron chi connectivity index (χ1n) is 7.83. The molecule has 114 valence electrons. The van der Waals surface area contributed by atoms with Gasteiger partial charge in [-0.15, -0.1) is 0 Å². The Morgan fingerprint density at radius 1 is 1.19 bits per heavy atom. The molecule has 0 aliphatic rings. The smallest absolute Gasteiger partial charge is 0.233 e. The van der Waals surface area contributed by atoms with Crippen LogP contribution < -0.4 is 10.6 Å². The van der Waals surface area contributed by atoms with E-state index in [4.69, 9.17) is 0 Å². The maximum Gasteiger partial charge on any atom is 0.233 e. The van der Waals surface area contributed by atoms with Gasteiger partial charge >= 0.3 is 0 Å². The van der Waals surface area contributed by atoms with Crippen molar-refractivity contribution in [3.05, 3.63) is 36.0 Å². The third-order valence-corrected chi connectivity index (χ3v) is 3.63. The van der Waals surface area contributed by atoms with Crippen LogP contribution in [-0.4, -0.2) is 30.5 Å². The molecule has 0 fully saturated rings. The zero-order valence-corrected chi connectivity index (χ0v) is 12.7. The molecule has 0 aliphatic heterocycles. The summed E-state index contributed by atoms with van der Waals surface area (Å²) in [6.07, 6.45) is 6.44. The van der Waals surface area contributed by atoms with E-state index in [2.05, 4.69) is 34.7 Å². The Morgan fingerprint density at radius 3 is 2.90 bits per heavy atom. The maximum absolute atomic E-state index is 11.7. The average Bonchev–Trinajstić information content (AvgIpc) is 2.91. The van der Waals surface area contributed by atoms with Crippen LogP contribution in [0.15, 0.2) is 30.5 Å². The lowest BCUT2D eigenvalue weighted by molar-refractivity contribution is -0.120. The molecular formula is C17H25N3O. The molecule has 21 heavy (non-hydrogen) atoms. The molecule has 1 heterocycles. The molecular weight excluding hydrogens is 262 g/mol. The number of H-pyrrole nitrogens is 1. The fraction of sp³-hybridized carbons (Fsp3) is 0.471. The van der Waals surface area contributed by atoms with Crippen LogP contribution in [0.25, 0.3) is 10.9 Å². The van der Waals surface area contributed by atoms with Crippen molar-refractivity contribution in [1.29, 1.82) is 0 Å². The van der Waals surface area contributed by atoms with E-state index in [1.807, 2.05) is 18.3 Å². The highest BCUT2D eigenvalue weighted by molar-refractivity contribution is 5.83. The van der Waals surface area contributed by atoms with E-state index in [9.17, 15) is 4.79 Å². The summed E-state index contributed by atoms with van der Waals surface area (Å²) in [6, 6.07) is 8.24. The first-order valence-corrected chi connectivity index (χ1v) is 7.83. The van der Waals surface area contributed by atoms with E-state index in [0.717, 1.165) is 24.9 Å². The van der Waals surface area contributed by atoms with Gasteiger partial charge in [-0.3, -0.25) is 4.79 Å². The summed E-state index contributed by atoms with van der Waals surface area (Å²) in [6.45, 7) is 4.19. The molecule has 4 heteroatoms. The molecule has 2 rings (SSSR count). The quantitative estimate of drug-likeness (QED) is 0.621. The first-order chi connectivity index (χ1) is 10.3. The fourth-order valence-corrected chi connectivity index (χ4v) is 2.44. The van der Waals surface area contributed by atoms with Crippen molar-refractivity contribution in [2.45, 2.75) is 32.6 Å². The Morgan fingerprint density at radius 2 is 2.05 bits per heavy atom. The van der Waals surface area contributed by atoms with Gasteiger partial charge in [0, 0.05) is 23.6 Å². The van der Waals surface area contributed by atoms with Gasteiger partial charge in [-0.25, -0.2) is 0 Å². The van der Waals surface area contributed by atoms with Gasteiger partial charge in [-0.05, 0) is 31.0 Å². The second-order valence-corrected chi connectivity index (χ2v) is 5.34. The van der Waals surface area contributed by atoms with Gasteiger partial charge in [-0.1, -0.05) is 38.0 Å². The molecule has 1 amide bonds. The highest BCUT2D eigenvalue weighted by Crippen LogP contribution is 2.17. The van der Waals surface area contributed by atoms with Crippen LogP contribution >= 0.6 is 0 Å².